The summed E-state index contributed by atoms with van der Waals surface area (Å²) < 4.78 is 12.7. The topological polar surface area (TPSA) is 29.3 Å². The summed E-state index contributed by atoms with van der Waals surface area (Å²) in [6.45, 7) is 7.06. The molecule has 1 aliphatic rings. The Morgan fingerprint density at radius 3 is 2.38 bits per heavy atom. The lowest BCUT2D eigenvalue weighted by Crippen LogP contribution is -2.69. The van der Waals surface area contributed by atoms with Crippen molar-refractivity contribution in [3.8, 4) is 0 Å². The van der Waals surface area contributed by atoms with Gasteiger partial charge in [0.25, 0.3) is 0 Å². The van der Waals surface area contributed by atoms with Gasteiger partial charge in [0.05, 0.1) is 0 Å². The Morgan fingerprint density at radius 2 is 1.88 bits per heavy atom. The van der Waals surface area contributed by atoms with Crippen LogP contribution in [0, 0.1) is 11.7 Å². The molecule has 1 aromatic rings. The first-order valence-electron chi connectivity index (χ1n) is 5.75. The number of benzene rings is 1. The number of likely N-dealkylation sites (tertiary alicyclic amines) is 1. The molecule has 0 atom stereocenters. The first-order valence-corrected chi connectivity index (χ1v) is 5.75. The largest absolute Gasteiger partial charge is 0.323 e. The van der Waals surface area contributed by atoms with E-state index >= 15 is 0 Å². The Bertz CT molecular complexity index is 353. The van der Waals surface area contributed by atoms with Crippen molar-refractivity contribution in [2.24, 2.45) is 11.7 Å². The third kappa shape index (κ3) is 2.25. The van der Waals surface area contributed by atoms with Crippen LogP contribution in [0.25, 0.3) is 0 Å². The summed E-state index contributed by atoms with van der Waals surface area (Å²) in [5.74, 6) is 0.333. The zero-order valence-corrected chi connectivity index (χ0v) is 9.91. The van der Waals surface area contributed by atoms with Gasteiger partial charge in [0.15, 0.2) is 0 Å². The van der Waals surface area contributed by atoms with Crippen molar-refractivity contribution >= 4 is 0 Å². The number of halogens is 1. The molecular formula is C13H19FN2. The predicted octanol–water partition coefficient (Wildman–Crippen LogP) is 1.99. The highest BCUT2D eigenvalue weighted by atomic mass is 19.1. The molecule has 0 amide bonds. The maximum atomic E-state index is 12.7. The van der Waals surface area contributed by atoms with Crippen molar-refractivity contribution in [3.05, 3.63) is 35.6 Å². The Kier molecular flexibility index (Phi) is 3.00. The van der Waals surface area contributed by atoms with Gasteiger partial charge in [0.1, 0.15) is 5.82 Å². The Labute approximate surface area is 96.2 Å². The van der Waals surface area contributed by atoms with Gasteiger partial charge in [0.2, 0.25) is 0 Å². The van der Waals surface area contributed by atoms with E-state index in [4.69, 9.17) is 5.73 Å². The molecule has 16 heavy (non-hydrogen) atoms. The fourth-order valence-corrected chi connectivity index (χ4v) is 2.11. The maximum absolute atomic E-state index is 12.7. The minimum absolute atomic E-state index is 0.0277. The van der Waals surface area contributed by atoms with E-state index in [0.29, 0.717) is 5.92 Å². The highest BCUT2D eigenvalue weighted by Crippen LogP contribution is 2.27. The van der Waals surface area contributed by atoms with Gasteiger partial charge in [-0.05, 0) is 23.6 Å². The van der Waals surface area contributed by atoms with E-state index in [2.05, 4.69) is 18.7 Å². The van der Waals surface area contributed by atoms with Crippen LogP contribution in [0.4, 0.5) is 4.39 Å². The molecule has 0 radical (unpaired) electrons. The SMILES string of the molecule is CC(C)C1(N)CN(Cc2ccc(F)cc2)C1. The van der Waals surface area contributed by atoms with Gasteiger partial charge in [-0.3, -0.25) is 4.90 Å². The summed E-state index contributed by atoms with van der Waals surface area (Å²) in [6, 6.07) is 6.68. The van der Waals surface area contributed by atoms with Gasteiger partial charge in [-0.15, -0.1) is 0 Å². The van der Waals surface area contributed by atoms with E-state index in [9.17, 15) is 4.39 Å². The third-order valence-corrected chi connectivity index (χ3v) is 3.51. The molecule has 1 fully saturated rings. The molecule has 1 heterocycles. The zero-order valence-electron chi connectivity index (χ0n) is 9.91. The number of hydrogen-bond acceptors (Lipinski definition) is 2. The standard InChI is InChI=1S/C13H19FN2/c1-10(2)13(15)8-16(9-13)7-11-3-5-12(14)6-4-11/h3-6,10H,7-9,15H2,1-2H3. The number of nitrogens with two attached hydrogens (primary N) is 1. The zero-order chi connectivity index (χ0) is 11.8. The average Bonchev–Trinajstić information content (AvgIpc) is 2.18. The fraction of sp³-hybridized carbons (Fsp3) is 0.538. The van der Waals surface area contributed by atoms with E-state index in [1.165, 1.54) is 12.1 Å². The Hall–Kier alpha value is -0.930. The van der Waals surface area contributed by atoms with Gasteiger partial charge >= 0.3 is 0 Å². The van der Waals surface area contributed by atoms with E-state index in [1.54, 1.807) is 0 Å². The first-order chi connectivity index (χ1) is 7.49. The quantitative estimate of drug-likeness (QED) is 0.847. The van der Waals surface area contributed by atoms with E-state index < -0.39 is 0 Å². The van der Waals surface area contributed by atoms with Crippen LogP contribution in [-0.2, 0) is 6.54 Å². The van der Waals surface area contributed by atoms with Crippen molar-refractivity contribution in [1.29, 1.82) is 0 Å². The lowest BCUT2D eigenvalue weighted by Gasteiger charge is -2.50. The molecule has 2 nitrogen and oxygen atoms in total. The van der Waals surface area contributed by atoms with Gasteiger partial charge < -0.3 is 5.73 Å². The van der Waals surface area contributed by atoms with Crippen LogP contribution in [-0.4, -0.2) is 23.5 Å². The summed E-state index contributed by atoms with van der Waals surface area (Å²) in [4.78, 5) is 2.30. The summed E-state index contributed by atoms with van der Waals surface area (Å²) in [5.41, 5.74) is 7.33. The summed E-state index contributed by atoms with van der Waals surface area (Å²) in [5, 5.41) is 0. The van der Waals surface area contributed by atoms with Crippen LogP contribution >= 0.6 is 0 Å². The highest BCUT2D eigenvalue weighted by molar-refractivity contribution is 5.17. The van der Waals surface area contributed by atoms with Crippen molar-refractivity contribution in [1.82, 2.24) is 4.90 Å². The van der Waals surface area contributed by atoms with Gasteiger partial charge in [-0.2, -0.15) is 0 Å². The van der Waals surface area contributed by atoms with Crippen molar-refractivity contribution in [3.63, 3.8) is 0 Å². The number of rotatable bonds is 3. The molecule has 0 saturated carbocycles. The molecular weight excluding hydrogens is 203 g/mol. The number of nitrogens with zero attached hydrogens (tertiary/aromatic N) is 1. The monoisotopic (exact) mass is 222 g/mol. The molecule has 0 unspecified atom stereocenters. The van der Waals surface area contributed by atoms with Crippen molar-refractivity contribution in [2.75, 3.05) is 13.1 Å². The molecule has 3 heteroatoms. The summed E-state index contributed by atoms with van der Waals surface area (Å²) in [6.07, 6.45) is 0. The molecule has 0 spiro atoms. The number of hydrogen-bond donors (Lipinski definition) is 1. The van der Waals surface area contributed by atoms with Crippen LogP contribution in [0.2, 0.25) is 0 Å². The molecule has 1 aromatic carbocycles. The molecule has 0 aromatic heterocycles. The van der Waals surface area contributed by atoms with Gasteiger partial charge in [0, 0.05) is 25.2 Å². The summed E-state index contributed by atoms with van der Waals surface area (Å²) >= 11 is 0. The van der Waals surface area contributed by atoms with Crippen LogP contribution in [0.3, 0.4) is 0 Å². The molecule has 1 saturated heterocycles. The average molecular weight is 222 g/mol. The van der Waals surface area contributed by atoms with Crippen LogP contribution in [0.1, 0.15) is 19.4 Å². The molecule has 1 aliphatic heterocycles. The van der Waals surface area contributed by atoms with Crippen LogP contribution in [0.5, 0.6) is 0 Å². The molecule has 0 bridgehead atoms. The van der Waals surface area contributed by atoms with E-state index in [1.807, 2.05) is 12.1 Å². The Balaban J connectivity index is 1.88. The lowest BCUT2D eigenvalue weighted by molar-refractivity contribution is 0.0313. The maximum Gasteiger partial charge on any atom is 0.123 e. The van der Waals surface area contributed by atoms with Crippen molar-refractivity contribution < 1.29 is 4.39 Å². The van der Waals surface area contributed by atoms with Crippen LogP contribution in [0.15, 0.2) is 24.3 Å². The molecule has 88 valence electrons. The second-order valence-corrected chi connectivity index (χ2v) is 5.16. The third-order valence-electron chi connectivity index (χ3n) is 3.51. The second-order valence-electron chi connectivity index (χ2n) is 5.16. The minimum Gasteiger partial charge on any atom is -0.323 e. The molecule has 2 N–H and O–H groups in total. The molecule has 2 rings (SSSR count). The first kappa shape index (κ1) is 11.6. The fourth-order valence-electron chi connectivity index (χ4n) is 2.11. The second kappa shape index (κ2) is 4.15. The normalized spacial score (nSPS) is 19.8. The van der Waals surface area contributed by atoms with Crippen molar-refractivity contribution in [2.45, 2.75) is 25.9 Å². The molecule has 0 aliphatic carbocycles. The Morgan fingerprint density at radius 1 is 1.31 bits per heavy atom. The van der Waals surface area contributed by atoms with Crippen LogP contribution < -0.4 is 5.73 Å². The predicted molar refractivity (Wildman–Crippen MR) is 63.4 cm³/mol. The highest BCUT2D eigenvalue weighted by Gasteiger charge is 2.41. The van der Waals surface area contributed by atoms with E-state index in [0.717, 1.165) is 25.2 Å². The van der Waals surface area contributed by atoms with Gasteiger partial charge in [-0.25, -0.2) is 4.39 Å². The minimum atomic E-state index is -0.178. The summed E-state index contributed by atoms with van der Waals surface area (Å²) in [7, 11) is 0. The van der Waals surface area contributed by atoms with Gasteiger partial charge in [-0.1, -0.05) is 26.0 Å². The lowest BCUT2D eigenvalue weighted by atomic mass is 9.80. The smallest absolute Gasteiger partial charge is 0.123 e. The van der Waals surface area contributed by atoms with E-state index in [-0.39, 0.29) is 11.4 Å².